The normalized spacial score (nSPS) is 30.8. The maximum absolute atomic E-state index is 13.0. The summed E-state index contributed by atoms with van der Waals surface area (Å²) in [6.45, 7) is 2.66. The van der Waals surface area contributed by atoms with Crippen LogP contribution in [0.1, 0.15) is 44.3 Å². The quantitative estimate of drug-likeness (QED) is 0.901. The molecule has 1 aromatic rings. The van der Waals surface area contributed by atoms with Gasteiger partial charge in [-0.1, -0.05) is 19.1 Å². The Bertz CT molecular complexity index is 480. The molecule has 1 unspecified atom stereocenters. The minimum absolute atomic E-state index is 0.0958. The molecule has 2 fully saturated rings. The van der Waals surface area contributed by atoms with Gasteiger partial charge in [0.2, 0.25) is 5.91 Å². The monoisotopic (exact) mass is 276 g/mol. The molecule has 1 N–H and O–H groups in total. The van der Waals surface area contributed by atoms with Gasteiger partial charge in [0.05, 0.1) is 6.54 Å². The van der Waals surface area contributed by atoms with Gasteiger partial charge in [-0.05, 0) is 49.3 Å². The molecule has 1 aliphatic heterocycles. The van der Waals surface area contributed by atoms with Crippen LogP contribution in [-0.4, -0.2) is 23.4 Å². The van der Waals surface area contributed by atoms with Gasteiger partial charge in [-0.25, -0.2) is 4.39 Å². The fourth-order valence-electron chi connectivity index (χ4n) is 3.38. The zero-order chi connectivity index (χ0) is 14.1. The molecule has 1 saturated heterocycles. The third-order valence-corrected chi connectivity index (χ3v) is 4.58. The highest BCUT2D eigenvalue weighted by atomic mass is 19.1. The smallest absolute Gasteiger partial charge is 0.238 e. The second-order valence-corrected chi connectivity index (χ2v) is 6.05. The van der Waals surface area contributed by atoms with E-state index in [2.05, 4.69) is 12.2 Å². The van der Waals surface area contributed by atoms with Crippen molar-refractivity contribution in [2.45, 2.75) is 44.8 Å². The Morgan fingerprint density at radius 1 is 1.15 bits per heavy atom. The Morgan fingerprint density at radius 3 is 2.45 bits per heavy atom. The first-order chi connectivity index (χ1) is 9.65. The van der Waals surface area contributed by atoms with Crippen LogP contribution in [0.2, 0.25) is 0 Å². The molecule has 0 spiro atoms. The van der Waals surface area contributed by atoms with Gasteiger partial charge in [-0.2, -0.15) is 0 Å². The number of nitrogens with one attached hydrogen (secondary N) is 1. The number of nitrogens with zero attached hydrogens (tertiary/aromatic N) is 1. The van der Waals surface area contributed by atoms with Gasteiger partial charge in [0.1, 0.15) is 12.0 Å². The third kappa shape index (κ3) is 2.57. The van der Waals surface area contributed by atoms with Crippen LogP contribution in [0.3, 0.4) is 0 Å². The van der Waals surface area contributed by atoms with Crippen LogP contribution in [0.25, 0.3) is 0 Å². The van der Waals surface area contributed by atoms with Crippen LogP contribution in [-0.2, 0) is 4.79 Å². The summed E-state index contributed by atoms with van der Waals surface area (Å²) in [6.07, 6.45) is 4.43. The second kappa shape index (κ2) is 5.52. The summed E-state index contributed by atoms with van der Waals surface area (Å²) in [6, 6.07) is 6.78. The summed E-state index contributed by atoms with van der Waals surface area (Å²) in [4.78, 5) is 14.2. The maximum Gasteiger partial charge on any atom is 0.238 e. The van der Waals surface area contributed by atoms with E-state index in [1.165, 1.54) is 25.0 Å². The summed E-state index contributed by atoms with van der Waals surface area (Å²) in [5.41, 5.74) is 0.968. The minimum Gasteiger partial charge on any atom is -0.319 e. The predicted octanol–water partition coefficient (Wildman–Crippen LogP) is 2.83. The second-order valence-electron chi connectivity index (χ2n) is 6.05. The van der Waals surface area contributed by atoms with Gasteiger partial charge in [0, 0.05) is 6.04 Å². The van der Waals surface area contributed by atoms with Crippen LogP contribution >= 0.6 is 0 Å². The van der Waals surface area contributed by atoms with Gasteiger partial charge in [-0.15, -0.1) is 0 Å². The molecule has 1 heterocycles. The van der Waals surface area contributed by atoms with E-state index in [9.17, 15) is 9.18 Å². The fraction of sp³-hybridized carbons (Fsp3) is 0.562. The number of hydrogen-bond donors (Lipinski definition) is 1. The molecular formula is C16H21FN2O. The van der Waals surface area contributed by atoms with E-state index in [1.54, 1.807) is 12.1 Å². The molecule has 2 aliphatic rings. The fourth-order valence-corrected chi connectivity index (χ4v) is 3.38. The highest BCUT2D eigenvalue weighted by Crippen LogP contribution is 2.33. The predicted molar refractivity (Wildman–Crippen MR) is 75.4 cm³/mol. The first-order valence-corrected chi connectivity index (χ1v) is 7.45. The lowest BCUT2D eigenvalue weighted by Gasteiger charge is -2.37. The van der Waals surface area contributed by atoms with Crippen LogP contribution in [0.4, 0.5) is 4.39 Å². The average Bonchev–Trinajstić information content (AvgIpc) is 2.83. The number of amides is 1. The number of halogens is 1. The summed E-state index contributed by atoms with van der Waals surface area (Å²) < 4.78 is 13.0. The van der Waals surface area contributed by atoms with Crippen molar-refractivity contribution in [2.24, 2.45) is 5.92 Å². The molecule has 3 nitrogen and oxygen atoms in total. The Balaban J connectivity index is 1.79. The zero-order valence-electron chi connectivity index (χ0n) is 11.8. The molecule has 4 heteroatoms. The summed E-state index contributed by atoms with van der Waals surface area (Å²) in [5.74, 6) is 0.691. The minimum atomic E-state index is -0.240. The third-order valence-electron chi connectivity index (χ3n) is 4.58. The van der Waals surface area contributed by atoms with Crippen molar-refractivity contribution in [2.75, 3.05) is 6.54 Å². The standard InChI is InChI=1S/C16H21FN2O/c1-11-2-8-14(9-3-11)19-15(20)10-18-16(19)12-4-6-13(17)7-5-12/h4-7,11,14,16,18H,2-3,8-10H2,1H3. The van der Waals surface area contributed by atoms with Crippen molar-refractivity contribution >= 4 is 5.91 Å². The van der Waals surface area contributed by atoms with E-state index in [4.69, 9.17) is 0 Å². The first kappa shape index (κ1) is 13.6. The van der Waals surface area contributed by atoms with Gasteiger partial charge in [0.15, 0.2) is 0 Å². The van der Waals surface area contributed by atoms with Crippen LogP contribution in [0.5, 0.6) is 0 Å². The van der Waals surface area contributed by atoms with E-state index in [1.807, 2.05) is 4.90 Å². The highest BCUT2D eigenvalue weighted by Gasteiger charge is 2.37. The Hall–Kier alpha value is -1.42. The van der Waals surface area contributed by atoms with Crippen molar-refractivity contribution in [3.05, 3.63) is 35.6 Å². The summed E-state index contributed by atoms with van der Waals surface area (Å²) in [7, 11) is 0. The molecule has 1 aromatic carbocycles. The highest BCUT2D eigenvalue weighted by molar-refractivity contribution is 5.81. The summed E-state index contributed by atoms with van der Waals surface area (Å²) >= 11 is 0. The lowest BCUT2D eigenvalue weighted by molar-refractivity contribution is -0.131. The van der Waals surface area contributed by atoms with Crippen LogP contribution < -0.4 is 5.32 Å². The number of benzene rings is 1. The molecule has 0 radical (unpaired) electrons. The van der Waals surface area contributed by atoms with Crippen molar-refractivity contribution in [1.82, 2.24) is 10.2 Å². The lowest BCUT2D eigenvalue weighted by Crippen LogP contribution is -2.41. The van der Waals surface area contributed by atoms with E-state index < -0.39 is 0 Å². The number of hydrogen-bond acceptors (Lipinski definition) is 2. The summed E-state index contributed by atoms with van der Waals surface area (Å²) in [5, 5.41) is 3.25. The average molecular weight is 276 g/mol. The maximum atomic E-state index is 13.0. The van der Waals surface area contributed by atoms with E-state index in [-0.39, 0.29) is 17.9 Å². The molecule has 1 aliphatic carbocycles. The molecule has 108 valence electrons. The molecule has 1 amide bonds. The molecule has 0 bridgehead atoms. The van der Waals surface area contributed by atoms with Crippen molar-refractivity contribution in [1.29, 1.82) is 0 Å². The van der Waals surface area contributed by atoms with Crippen molar-refractivity contribution < 1.29 is 9.18 Å². The van der Waals surface area contributed by atoms with Crippen molar-refractivity contribution in [3.8, 4) is 0 Å². The number of carbonyl (C=O) groups is 1. The van der Waals surface area contributed by atoms with E-state index >= 15 is 0 Å². The van der Waals surface area contributed by atoms with E-state index in [0.717, 1.165) is 24.3 Å². The molecule has 0 aromatic heterocycles. The Labute approximate surface area is 119 Å². The van der Waals surface area contributed by atoms with Gasteiger partial charge in [-0.3, -0.25) is 10.1 Å². The molecule has 1 atom stereocenters. The molecule has 3 rings (SSSR count). The molecule has 20 heavy (non-hydrogen) atoms. The first-order valence-electron chi connectivity index (χ1n) is 7.45. The SMILES string of the molecule is CC1CCC(N2C(=O)CNC2c2ccc(F)cc2)CC1. The number of rotatable bonds is 2. The van der Waals surface area contributed by atoms with E-state index in [0.29, 0.717) is 12.6 Å². The number of carbonyl (C=O) groups excluding carboxylic acids is 1. The van der Waals surface area contributed by atoms with Crippen molar-refractivity contribution in [3.63, 3.8) is 0 Å². The largest absolute Gasteiger partial charge is 0.319 e. The zero-order valence-corrected chi connectivity index (χ0v) is 11.8. The van der Waals surface area contributed by atoms with Gasteiger partial charge >= 0.3 is 0 Å². The van der Waals surface area contributed by atoms with Crippen LogP contribution in [0, 0.1) is 11.7 Å². The lowest BCUT2D eigenvalue weighted by atomic mass is 9.86. The topological polar surface area (TPSA) is 32.3 Å². The van der Waals surface area contributed by atoms with Gasteiger partial charge < -0.3 is 4.90 Å². The molecule has 1 saturated carbocycles. The van der Waals surface area contributed by atoms with Gasteiger partial charge in [0.25, 0.3) is 0 Å². The molecular weight excluding hydrogens is 255 g/mol. The Kier molecular flexibility index (Phi) is 3.74. The Morgan fingerprint density at radius 2 is 1.80 bits per heavy atom. The van der Waals surface area contributed by atoms with Crippen LogP contribution in [0.15, 0.2) is 24.3 Å².